The van der Waals surface area contributed by atoms with E-state index in [1.54, 1.807) is 0 Å². The van der Waals surface area contributed by atoms with Crippen molar-refractivity contribution in [3.8, 4) is 5.69 Å². The van der Waals surface area contributed by atoms with E-state index in [0.29, 0.717) is 0 Å². The molecule has 0 radical (unpaired) electrons. The zero-order valence-corrected chi connectivity index (χ0v) is 10.6. The van der Waals surface area contributed by atoms with Gasteiger partial charge < -0.3 is 9.13 Å². The molecule has 86 valence electrons. The van der Waals surface area contributed by atoms with E-state index >= 15 is 0 Å². The predicted molar refractivity (Wildman–Crippen MR) is 68.3 cm³/mol. The Morgan fingerprint density at radius 3 is 2.38 bits per heavy atom. The highest BCUT2D eigenvalue weighted by atomic mass is 15.0. The Labute approximate surface area is 97.5 Å². The van der Waals surface area contributed by atoms with Crippen LogP contribution in [0.5, 0.6) is 0 Å². The van der Waals surface area contributed by atoms with E-state index in [1.807, 2.05) is 0 Å². The number of rotatable bonds is 3. The molecule has 0 bridgehead atoms. The number of hydrogen-bond donors (Lipinski definition) is 0. The molecule has 2 aromatic heterocycles. The van der Waals surface area contributed by atoms with Crippen LogP contribution in [0.15, 0.2) is 24.7 Å². The molecular weight excluding hydrogens is 196 g/mol. The van der Waals surface area contributed by atoms with Crippen LogP contribution in [0.25, 0.3) is 5.69 Å². The van der Waals surface area contributed by atoms with E-state index in [0.717, 1.165) is 13.0 Å². The van der Waals surface area contributed by atoms with Crippen LogP contribution in [0.4, 0.5) is 0 Å². The molecule has 0 saturated heterocycles. The lowest BCUT2D eigenvalue weighted by Gasteiger charge is -2.04. The molecule has 2 nitrogen and oxygen atoms in total. The molecule has 2 aromatic rings. The molecule has 2 heterocycles. The van der Waals surface area contributed by atoms with Gasteiger partial charge in [0.1, 0.15) is 0 Å². The van der Waals surface area contributed by atoms with Crippen molar-refractivity contribution in [1.29, 1.82) is 0 Å². The number of aryl methyl sites for hydroxylation is 2. The third-order valence-electron chi connectivity index (χ3n) is 3.33. The van der Waals surface area contributed by atoms with Gasteiger partial charge in [-0.15, -0.1) is 0 Å². The van der Waals surface area contributed by atoms with Crippen LogP contribution in [0.1, 0.15) is 30.7 Å². The monoisotopic (exact) mass is 216 g/mol. The fourth-order valence-corrected chi connectivity index (χ4v) is 2.37. The Kier molecular flexibility index (Phi) is 2.90. The van der Waals surface area contributed by atoms with E-state index in [9.17, 15) is 0 Å². The Balaban J connectivity index is 2.47. The fraction of sp³-hybridized carbons (Fsp3) is 0.429. The molecule has 0 unspecified atom stereocenters. The summed E-state index contributed by atoms with van der Waals surface area (Å²) in [6.07, 6.45) is 7.68. The van der Waals surface area contributed by atoms with Crippen LogP contribution in [-0.4, -0.2) is 9.13 Å². The van der Waals surface area contributed by atoms with Crippen LogP contribution < -0.4 is 0 Å². The maximum atomic E-state index is 2.29. The van der Waals surface area contributed by atoms with Gasteiger partial charge in [-0.3, -0.25) is 0 Å². The van der Waals surface area contributed by atoms with E-state index < -0.39 is 0 Å². The minimum absolute atomic E-state index is 1.03. The Bertz CT molecular complexity index is 489. The maximum Gasteiger partial charge on any atom is 0.0629 e. The Morgan fingerprint density at radius 1 is 1.12 bits per heavy atom. The van der Waals surface area contributed by atoms with Crippen molar-refractivity contribution >= 4 is 0 Å². The molecule has 2 heteroatoms. The molecule has 0 amide bonds. The van der Waals surface area contributed by atoms with Gasteiger partial charge in [0.2, 0.25) is 0 Å². The molecule has 0 N–H and O–H groups in total. The first-order chi connectivity index (χ1) is 7.67. The lowest BCUT2D eigenvalue weighted by molar-refractivity contribution is 0.766. The van der Waals surface area contributed by atoms with Crippen molar-refractivity contribution < 1.29 is 0 Å². The third-order valence-corrected chi connectivity index (χ3v) is 3.33. The zero-order chi connectivity index (χ0) is 11.7. The first-order valence-electron chi connectivity index (χ1n) is 6.01. The van der Waals surface area contributed by atoms with Crippen LogP contribution in [-0.2, 0) is 13.0 Å². The molecule has 2 rings (SSSR count). The topological polar surface area (TPSA) is 9.86 Å². The molecule has 0 spiro atoms. The summed E-state index contributed by atoms with van der Waals surface area (Å²) in [4.78, 5) is 0. The van der Waals surface area contributed by atoms with Crippen molar-refractivity contribution in [2.75, 3.05) is 0 Å². The van der Waals surface area contributed by atoms with Crippen molar-refractivity contribution in [3.05, 3.63) is 41.5 Å². The van der Waals surface area contributed by atoms with Crippen molar-refractivity contribution in [1.82, 2.24) is 9.13 Å². The first-order valence-corrected chi connectivity index (χ1v) is 6.01. The summed E-state index contributed by atoms with van der Waals surface area (Å²) in [6.45, 7) is 9.81. The number of nitrogens with zero attached hydrogens (tertiary/aromatic N) is 2. The highest BCUT2D eigenvalue weighted by Gasteiger charge is 2.09. The third kappa shape index (κ3) is 1.69. The Morgan fingerprint density at radius 2 is 1.88 bits per heavy atom. The van der Waals surface area contributed by atoms with Crippen LogP contribution in [0.2, 0.25) is 0 Å². The van der Waals surface area contributed by atoms with Gasteiger partial charge in [-0.2, -0.15) is 0 Å². The number of aromatic nitrogens is 2. The van der Waals surface area contributed by atoms with Gasteiger partial charge in [-0.1, -0.05) is 6.92 Å². The Hall–Kier alpha value is -1.44. The van der Waals surface area contributed by atoms with Gasteiger partial charge in [0, 0.05) is 30.8 Å². The van der Waals surface area contributed by atoms with Crippen molar-refractivity contribution in [3.63, 3.8) is 0 Å². The minimum atomic E-state index is 1.03. The van der Waals surface area contributed by atoms with E-state index in [-0.39, 0.29) is 0 Å². The molecule has 0 aliphatic carbocycles. The van der Waals surface area contributed by atoms with Gasteiger partial charge >= 0.3 is 0 Å². The largest absolute Gasteiger partial charge is 0.352 e. The summed E-state index contributed by atoms with van der Waals surface area (Å²) in [5.74, 6) is 0. The summed E-state index contributed by atoms with van der Waals surface area (Å²) in [7, 11) is 0. The summed E-state index contributed by atoms with van der Waals surface area (Å²) >= 11 is 0. The summed E-state index contributed by atoms with van der Waals surface area (Å²) in [5, 5.41) is 0. The molecule has 0 aromatic carbocycles. The molecule has 0 saturated carbocycles. The predicted octanol–water partition coefficient (Wildman–Crippen LogP) is 3.48. The second-order valence-corrected chi connectivity index (χ2v) is 4.30. The first kappa shape index (κ1) is 11.1. The van der Waals surface area contributed by atoms with Crippen LogP contribution >= 0.6 is 0 Å². The van der Waals surface area contributed by atoms with Gasteiger partial charge in [0.15, 0.2) is 0 Å². The smallest absolute Gasteiger partial charge is 0.0629 e. The highest BCUT2D eigenvalue weighted by molar-refractivity contribution is 5.40. The molecule has 16 heavy (non-hydrogen) atoms. The molecule has 0 aliphatic rings. The van der Waals surface area contributed by atoms with Crippen molar-refractivity contribution in [2.24, 2.45) is 0 Å². The van der Waals surface area contributed by atoms with Crippen molar-refractivity contribution in [2.45, 2.75) is 40.7 Å². The van der Waals surface area contributed by atoms with Gasteiger partial charge in [-0.25, -0.2) is 0 Å². The average Bonchev–Trinajstić information content (AvgIpc) is 2.83. The molecule has 0 aliphatic heterocycles. The molecule has 0 fully saturated rings. The van der Waals surface area contributed by atoms with Crippen LogP contribution in [0.3, 0.4) is 0 Å². The second-order valence-electron chi connectivity index (χ2n) is 4.30. The lowest BCUT2D eigenvalue weighted by Crippen LogP contribution is -1.95. The van der Waals surface area contributed by atoms with Gasteiger partial charge in [0.25, 0.3) is 0 Å². The summed E-state index contributed by atoms with van der Waals surface area (Å²) < 4.78 is 4.50. The average molecular weight is 216 g/mol. The SMILES string of the molecule is CCc1c(C)cn(-c2ccn(CC)c2)c1C. The van der Waals surface area contributed by atoms with E-state index in [1.165, 1.54) is 22.5 Å². The highest BCUT2D eigenvalue weighted by Crippen LogP contribution is 2.21. The summed E-state index contributed by atoms with van der Waals surface area (Å²) in [6, 6.07) is 2.18. The van der Waals surface area contributed by atoms with E-state index in [4.69, 9.17) is 0 Å². The molecule has 0 atom stereocenters. The summed E-state index contributed by atoms with van der Waals surface area (Å²) in [5.41, 5.74) is 5.50. The standard InChI is InChI=1S/C14H20N2/c1-5-14-11(3)9-16(12(14)4)13-7-8-15(6-2)10-13/h7-10H,5-6H2,1-4H3. The molecular formula is C14H20N2. The zero-order valence-electron chi connectivity index (χ0n) is 10.6. The number of hydrogen-bond acceptors (Lipinski definition) is 0. The second kappa shape index (κ2) is 4.20. The minimum Gasteiger partial charge on any atom is -0.352 e. The van der Waals surface area contributed by atoms with E-state index in [2.05, 4.69) is 61.5 Å². The normalized spacial score (nSPS) is 11.0. The van der Waals surface area contributed by atoms with Gasteiger partial charge in [0.05, 0.1) is 5.69 Å². The van der Waals surface area contributed by atoms with Crippen LogP contribution in [0, 0.1) is 13.8 Å². The van der Waals surface area contributed by atoms with Gasteiger partial charge in [-0.05, 0) is 44.4 Å². The lowest BCUT2D eigenvalue weighted by atomic mass is 10.1. The maximum absolute atomic E-state index is 2.29. The fourth-order valence-electron chi connectivity index (χ4n) is 2.37. The quantitative estimate of drug-likeness (QED) is 0.743.